The molecular formula is C20H19N3OS. The van der Waals surface area contributed by atoms with Crippen LogP contribution in [0.15, 0.2) is 36.7 Å². The van der Waals surface area contributed by atoms with E-state index in [1.165, 1.54) is 28.7 Å². The van der Waals surface area contributed by atoms with E-state index in [1.54, 1.807) is 11.3 Å². The van der Waals surface area contributed by atoms with Gasteiger partial charge in [0.25, 0.3) is 5.91 Å². The summed E-state index contributed by atoms with van der Waals surface area (Å²) < 4.78 is 1.21. The lowest BCUT2D eigenvalue weighted by atomic mass is 9.98. The number of rotatable bonds is 3. The van der Waals surface area contributed by atoms with Gasteiger partial charge in [-0.15, -0.1) is 11.3 Å². The molecule has 4 nitrogen and oxygen atoms in total. The Labute approximate surface area is 150 Å². The third-order valence-corrected chi connectivity index (χ3v) is 6.50. The van der Waals surface area contributed by atoms with Crippen LogP contribution in [0.2, 0.25) is 0 Å². The SMILES string of the molecule is Cc1cccc2cc(C(=O)N3CC(c4ncc(C5CC5)cn4)C3)sc12. The fourth-order valence-electron chi connectivity index (χ4n) is 3.46. The summed E-state index contributed by atoms with van der Waals surface area (Å²) in [5, 5.41) is 1.16. The Morgan fingerprint density at radius 2 is 1.92 bits per heavy atom. The maximum absolute atomic E-state index is 12.7. The lowest BCUT2D eigenvalue weighted by molar-refractivity contribution is 0.0600. The molecule has 1 saturated carbocycles. The average Bonchev–Trinajstić information content (AvgIpc) is 3.33. The molecule has 0 atom stereocenters. The van der Waals surface area contributed by atoms with E-state index < -0.39 is 0 Å². The number of aromatic nitrogens is 2. The van der Waals surface area contributed by atoms with Crippen LogP contribution in [0, 0.1) is 6.92 Å². The van der Waals surface area contributed by atoms with Crippen LogP contribution in [0.3, 0.4) is 0 Å². The molecule has 1 amide bonds. The zero-order valence-corrected chi connectivity index (χ0v) is 14.9. The van der Waals surface area contributed by atoms with E-state index in [0.29, 0.717) is 5.92 Å². The molecule has 5 heteroatoms. The summed E-state index contributed by atoms with van der Waals surface area (Å²) in [6.07, 6.45) is 6.48. The number of nitrogens with zero attached hydrogens (tertiary/aromatic N) is 3. The molecule has 0 spiro atoms. The third kappa shape index (κ3) is 2.63. The summed E-state index contributed by atoms with van der Waals surface area (Å²) in [5.74, 6) is 1.96. The highest BCUT2D eigenvalue weighted by atomic mass is 32.1. The molecular weight excluding hydrogens is 330 g/mol. The monoisotopic (exact) mass is 349 g/mol. The van der Waals surface area contributed by atoms with Gasteiger partial charge in [0, 0.05) is 30.2 Å². The molecule has 1 aliphatic heterocycles. The largest absolute Gasteiger partial charge is 0.336 e. The molecule has 0 N–H and O–H groups in total. The molecule has 126 valence electrons. The van der Waals surface area contributed by atoms with Crippen molar-refractivity contribution in [2.24, 2.45) is 0 Å². The maximum atomic E-state index is 12.7. The first kappa shape index (κ1) is 15.0. The van der Waals surface area contributed by atoms with Gasteiger partial charge in [-0.3, -0.25) is 4.79 Å². The van der Waals surface area contributed by atoms with Gasteiger partial charge in [-0.1, -0.05) is 18.2 Å². The topological polar surface area (TPSA) is 46.1 Å². The fraction of sp³-hybridized carbons (Fsp3) is 0.350. The molecule has 1 saturated heterocycles. The first-order chi connectivity index (χ1) is 12.2. The number of likely N-dealkylation sites (tertiary alicyclic amines) is 1. The Morgan fingerprint density at radius 1 is 1.16 bits per heavy atom. The fourth-order valence-corrected chi connectivity index (χ4v) is 4.56. The van der Waals surface area contributed by atoms with Gasteiger partial charge >= 0.3 is 0 Å². The number of benzene rings is 1. The zero-order chi connectivity index (χ0) is 17.0. The van der Waals surface area contributed by atoms with E-state index >= 15 is 0 Å². The lowest BCUT2D eigenvalue weighted by Gasteiger charge is -2.38. The van der Waals surface area contributed by atoms with Crippen molar-refractivity contribution in [3.63, 3.8) is 0 Å². The van der Waals surface area contributed by atoms with Crippen LogP contribution in [-0.4, -0.2) is 33.9 Å². The summed E-state index contributed by atoms with van der Waals surface area (Å²) in [6, 6.07) is 8.23. The van der Waals surface area contributed by atoms with Gasteiger partial charge in [0.1, 0.15) is 5.82 Å². The molecule has 2 fully saturated rings. The van der Waals surface area contributed by atoms with Gasteiger partial charge in [0.05, 0.1) is 10.8 Å². The normalized spacial score (nSPS) is 17.7. The molecule has 3 aromatic rings. The van der Waals surface area contributed by atoms with Crippen molar-refractivity contribution >= 4 is 27.3 Å². The van der Waals surface area contributed by atoms with E-state index in [0.717, 1.165) is 29.2 Å². The first-order valence-electron chi connectivity index (χ1n) is 8.79. The van der Waals surface area contributed by atoms with Crippen LogP contribution in [0.4, 0.5) is 0 Å². The van der Waals surface area contributed by atoms with Crippen LogP contribution >= 0.6 is 11.3 Å². The van der Waals surface area contributed by atoms with Gasteiger partial charge in [0.2, 0.25) is 0 Å². The number of amides is 1. The highest BCUT2D eigenvalue weighted by molar-refractivity contribution is 7.21. The van der Waals surface area contributed by atoms with Crippen molar-refractivity contribution in [1.29, 1.82) is 0 Å². The van der Waals surface area contributed by atoms with E-state index in [1.807, 2.05) is 29.4 Å². The van der Waals surface area contributed by atoms with Crippen molar-refractivity contribution in [2.45, 2.75) is 31.6 Å². The molecule has 5 rings (SSSR count). The van der Waals surface area contributed by atoms with Crippen molar-refractivity contribution in [3.8, 4) is 0 Å². The Kier molecular flexibility index (Phi) is 3.38. The van der Waals surface area contributed by atoms with Crippen molar-refractivity contribution in [3.05, 3.63) is 58.5 Å². The standard InChI is InChI=1S/C20H19N3OS/c1-12-3-2-4-14-7-17(25-18(12)14)20(24)23-10-16(11-23)19-21-8-15(9-22-19)13-5-6-13/h2-4,7-9,13,16H,5-6,10-11H2,1H3. The average molecular weight is 349 g/mol. The molecule has 25 heavy (non-hydrogen) atoms. The van der Waals surface area contributed by atoms with Gasteiger partial charge < -0.3 is 4.90 Å². The van der Waals surface area contributed by atoms with Crippen molar-refractivity contribution in [1.82, 2.24) is 14.9 Å². The van der Waals surface area contributed by atoms with Crippen LogP contribution in [-0.2, 0) is 0 Å². The quantitative estimate of drug-likeness (QED) is 0.715. The maximum Gasteiger partial charge on any atom is 0.264 e. The first-order valence-corrected chi connectivity index (χ1v) is 9.61. The lowest BCUT2D eigenvalue weighted by Crippen LogP contribution is -2.48. The summed E-state index contributed by atoms with van der Waals surface area (Å²) in [6.45, 7) is 3.53. The molecule has 2 aromatic heterocycles. The number of fused-ring (bicyclic) bond motifs is 1. The van der Waals surface area contributed by atoms with E-state index in [4.69, 9.17) is 0 Å². The van der Waals surface area contributed by atoms with Crippen LogP contribution in [0.1, 0.15) is 51.3 Å². The minimum atomic E-state index is 0.131. The van der Waals surface area contributed by atoms with E-state index in [2.05, 4.69) is 29.0 Å². The van der Waals surface area contributed by atoms with Crippen LogP contribution in [0.25, 0.3) is 10.1 Å². The number of aryl methyl sites for hydroxylation is 1. The number of hydrogen-bond acceptors (Lipinski definition) is 4. The second-order valence-corrected chi connectivity index (χ2v) is 8.21. The molecule has 1 aliphatic carbocycles. The predicted molar refractivity (Wildman–Crippen MR) is 99.2 cm³/mol. The number of hydrogen-bond donors (Lipinski definition) is 0. The second kappa shape index (κ2) is 5.63. The highest BCUT2D eigenvalue weighted by Crippen LogP contribution is 2.39. The molecule has 0 radical (unpaired) electrons. The van der Waals surface area contributed by atoms with Crippen LogP contribution in [0.5, 0.6) is 0 Å². The highest BCUT2D eigenvalue weighted by Gasteiger charge is 2.35. The zero-order valence-electron chi connectivity index (χ0n) is 14.1. The summed E-state index contributed by atoms with van der Waals surface area (Å²) in [7, 11) is 0. The summed E-state index contributed by atoms with van der Waals surface area (Å²) >= 11 is 1.60. The molecule has 1 aromatic carbocycles. The predicted octanol–water partition coefficient (Wildman–Crippen LogP) is 4.12. The number of carbonyl (C=O) groups excluding carboxylic acids is 1. The van der Waals surface area contributed by atoms with Crippen LogP contribution < -0.4 is 0 Å². The van der Waals surface area contributed by atoms with Crippen molar-refractivity contribution in [2.75, 3.05) is 13.1 Å². The molecule has 2 aliphatic rings. The van der Waals surface area contributed by atoms with Gasteiger partial charge in [0.15, 0.2) is 0 Å². The Bertz CT molecular complexity index is 953. The Balaban J connectivity index is 1.28. The van der Waals surface area contributed by atoms with Gasteiger partial charge in [-0.05, 0) is 48.3 Å². The second-order valence-electron chi connectivity index (χ2n) is 7.16. The summed E-state index contributed by atoms with van der Waals surface area (Å²) in [5.41, 5.74) is 2.49. The van der Waals surface area contributed by atoms with E-state index in [9.17, 15) is 4.79 Å². The minimum absolute atomic E-state index is 0.131. The van der Waals surface area contributed by atoms with Crippen molar-refractivity contribution < 1.29 is 4.79 Å². The Morgan fingerprint density at radius 3 is 2.60 bits per heavy atom. The van der Waals surface area contributed by atoms with E-state index in [-0.39, 0.29) is 11.8 Å². The minimum Gasteiger partial charge on any atom is -0.336 e. The third-order valence-electron chi connectivity index (χ3n) is 5.23. The molecule has 0 unspecified atom stereocenters. The smallest absolute Gasteiger partial charge is 0.264 e. The van der Waals surface area contributed by atoms with Gasteiger partial charge in [-0.2, -0.15) is 0 Å². The summed E-state index contributed by atoms with van der Waals surface area (Å²) in [4.78, 5) is 24.5. The number of carbonyl (C=O) groups is 1. The molecule has 3 heterocycles. The number of thiophene rings is 1. The Hall–Kier alpha value is -2.27. The van der Waals surface area contributed by atoms with Gasteiger partial charge in [-0.25, -0.2) is 9.97 Å². The molecule has 0 bridgehead atoms.